The highest BCUT2D eigenvalue weighted by molar-refractivity contribution is 5.81. The molecule has 0 aromatic rings. The van der Waals surface area contributed by atoms with Gasteiger partial charge in [0.15, 0.2) is 0 Å². The number of rotatable bonds is 5. The zero-order valence-corrected chi connectivity index (χ0v) is 11.9. The van der Waals surface area contributed by atoms with E-state index in [4.69, 9.17) is 4.74 Å². The van der Waals surface area contributed by atoms with Gasteiger partial charge in [0, 0.05) is 12.1 Å². The fraction of sp³-hybridized carbons (Fsp3) is 0.929. The Morgan fingerprint density at radius 1 is 1.39 bits per heavy atom. The SMILES string of the molecule is CCOC(=O)C1(NC)CCCC(N(C)C2CC2)C1. The van der Waals surface area contributed by atoms with E-state index in [1.807, 2.05) is 14.0 Å². The van der Waals surface area contributed by atoms with Crippen molar-refractivity contribution in [1.29, 1.82) is 0 Å². The minimum Gasteiger partial charge on any atom is -0.465 e. The van der Waals surface area contributed by atoms with Gasteiger partial charge in [-0.25, -0.2) is 0 Å². The van der Waals surface area contributed by atoms with Gasteiger partial charge in [-0.2, -0.15) is 0 Å². The van der Waals surface area contributed by atoms with Gasteiger partial charge >= 0.3 is 5.97 Å². The molecule has 2 saturated carbocycles. The Morgan fingerprint density at radius 3 is 2.67 bits per heavy atom. The molecule has 2 unspecified atom stereocenters. The number of ether oxygens (including phenoxy) is 1. The molecule has 0 aromatic heterocycles. The Labute approximate surface area is 110 Å². The van der Waals surface area contributed by atoms with Gasteiger partial charge in [-0.05, 0) is 59.5 Å². The van der Waals surface area contributed by atoms with Gasteiger partial charge in [-0.1, -0.05) is 0 Å². The lowest BCUT2D eigenvalue weighted by atomic mass is 9.78. The first-order valence-electron chi connectivity index (χ1n) is 7.21. The van der Waals surface area contributed by atoms with Crippen molar-refractivity contribution >= 4 is 5.97 Å². The lowest BCUT2D eigenvalue weighted by Crippen LogP contribution is -2.57. The van der Waals surface area contributed by atoms with Crippen LogP contribution in [0.15, 0.2) is 0 Å². The predicted molar refractivity (Wildman–Crippen MR) is 71.5 cm³/mol. The zero-order valence-electron chi connectivity index (χ0n) is 11.9. The lowest BCUT2D eigenvalue weighted by Gasteiger charge is -2.42. The van der Waals surface area contributed by atoms with E-state index >= 15 is 0 Å². The van der Waals surface area contributed by atoms with Crippen molar-refractivity contribution in [1.82, 2.24) is 10.2 Å². The predicted octanol–water partition coefficient (Wildman–Crippen LogP) is 1.54. The van der Waals surface area contributed by atoms with Crippen LogP contribution >= 0.6 is 0 Å². The van der Waals surface area contributed by atoms with Crippen molar-refractivity contribution in [2.45, 2.75) is 63.1 Å². The third kappa shape index (κ3) is 2.69. The van der Waals surface area contributed by atoms with Crippen molar-refractivity contribution in [2.75, 3.05) is 20.7 Å². The van der Waals surface area contributed by atoms with Gasteiger partial charge < -0.3 is 15.0 Å². The number of carbonyl (C=O) groups is 1. The topological polar surface area (TPSA) is 41.6 Å². The molecule has 4 heteroatoms. The normalized spacial score (nSPS) is 32.6. The maximum Gasteiger partial charge on any atom is 0.326 e. The van der Waals surface area contributed by atoms with Gasteiger partial charge in [-0.3, -0.25) is 4.79 Å². The van der Waals surface area contributed by atoms with Crippen LogP contribution in [0.3, 0.4) is 0 Å². The van der Waals surface area contributed by atoms with E-state index in [1.54, 1.807) is 0 Å². The van der Waals surface area contributed by atoms with Gasteiger partial charge in [0.25, 0.3) is 0 Å². The highest BCUT2D eigenvalue weighted by Crippen LogP contribution is 2.36. The monoisotopic (exact) mass is 254 g/mol. The molecule has 4 nitrogen and oxygen atoms in total. The van der Waals surface area contributed by atoms with Crippen molar-refractivity contribution in [3.63, 3.8) is 0 Å². The zero-order chi connectivity index (χ0) is 13.2. The quantitative estimate of drug-likeness (QED) is 0.756. The van der Waals surface area contributed by atoms with Gasteiger partial charge in [0.2, 0.25) is 0 Å². The van der Waals surface area contributed by atoms with Crippen molar-refractivity contribution in [2.24, 2.45) is 0 Å². The molecule has 1 N–H and O–H groups in total. The van der Waals surface area contributed by atoms with Gasteiger partial charge in [-0.15, -0.1) is 0 Å². The van der Waals surface area contributed by atoms with E-state index < -0.39 is 5.54 Å². The average molecular weight is 254 g/mol. The number of hydrogen-bond acceptors (Lipinski definition) is 4. The van der Waals surface area contributed by atoms with Crippen LogP contribution in [0.2, 0.25) is 0 Å². The summed E-state index contributed by atoms with van der Waals surface area (Å²) < 4.78 is 5.26. The molecule has 2 atom stereocenters. The molecule has 2 fully saturated rings. The standard InChI is InChI=1S/C14H26N2O2/c1-4-18-13(17)14(15-2)9-5-6-12(10-14)16(3)11-7-8-11/h11-12,15H,4-10H2,1-3H3. The van der Waals surface area contributed by atoms with Crippen LogP contribution in [0.4, 0.5) is 0 Å². The molecule has 2 aliphatic rings. The molecule has 2 aliphatic carbocycles. The molecular formula is C14H26N2O2. The molecule has 0 saturated heterocycles. The fourth-order valence-electron chi connectivity index (χ4n) is 3.16. The number of nitrogens with one attached hydrogen (secondary N) is 1. The van der Waals surface area contributed by atoms with Crippen LogP contribution in [0.25, 0.3) is 0 Å². The summed E-state index contributed by atoms with van der Waals surface area (Å²) in [5.41, 5.74) is -0.456. The molecule has 0 bridgehead atoms. The molecule has 0 aromatic carbocycles. The first kappa shape index (κ1) is 13.8. The molecule has 0 spiro atoms. The van der Waals surface area contributed by atoms with Gasteiger partial charge in [0.05, 0.1) is 6.61 Å². The highest BCUT2D eigenvalue weighted by atomic mass is 16.5. The molecule has 2 rings (SSSR count). The Morgan fingerprint density at radius 2 is 2.11 bits per heavy atom. The Bertz CT molecular complexity index is 304. The summed E-state index contributed by atoms with van der Waals surface area (Å²) in [6.07, 6.45) is 6.72. The minimum atomic E-state index is -0.456. The number of esters is 1. The summed E-state index contributed by atoms with van der Waals surface area (Å²) in [4.78, 5) is 14.7. The average Bonchev–Trinajstić information content (AvgIpc) is 3.22. The fourth-order valence-corrected chi connectivity index (χ4v) is 3.16. The molecule has 0 heterocycles. The van der Waals surface area contributed by atoms with Crippen LogP contribution < -0.4 is 5.32 Å². The highest BCUT2D eigenvalue weighted by Gasteiger charge is 2.45. The second-order valence-electron chi connectivity index (χ2n) is 5.70. The second-order valence-corrected chi connectivity index (χ2v) is 5.70. The van der Waals surface area contributed by atoms with Crippen molar-refractivity contribution < 1.29 is 9.53 Å². The number of carbonyl (C=O) groups excluding carboxylic acids is 1. The number of likely N-dealkylation sites (N-methyl/N-ethyl adjacent to an activating group) is 1. The Balaban J connectivity index is 2.03. The van der Waals surface area contributed by atoms with E-state index in [2.05, 4.69) is 17.3 Å². The maximum absolute atomic E-state index is 12.2. The summed E-state index contributed by atoms with van der Waals surface area (Å²) in [5, 5.41) is 3.24. The summed E-state index contributed by atoms with van der Waals surface area (Å²) in [5.74, 6) is -0.0682. The molecule has 0 radical (unpaired) electrons. The summed E-state index contributed by atoms with van der Waals surface area (Å²) in [6, 6.07) is 1.27. The first-order valence-corrected chi connectivity index (χ1v) is 7.21. The molecule has 18 heavy (non-hydrogen) atoms. The maximum atomic E-state index is 12.2. The van der Waals surface area contributed by atoms with Gasteiger partial charge in [0.1, 0.15) is 5.54 Å². The van der Waals surface area contributed by atoms with Crippen molar-refractivity contribution in [3.05, 3.63) is 0 Å². The Kier molecular flexibility index (Phi) is 4.28. The first-order chi connectivity index (χ1) is 8.63. The van der Waals surface area contributed by atoms with Crippen LogP contribution in [0.1, 0.15) is 45.4 Å². The third-order valence-corrected chi connectivity index (χ3v) is 4.57. The van der Waals surface area contributed by atoms with Crippen LogP contribution in [-0.2, 0) is 9.53 Å². The number of hydrogen-bond donors (Lipinski definition) is 1. The van der Waals surface area contributed by atoms with Crippen molar-refractivity contribution in [3.8, 4) is 0 Å². The van der Waals surface area contributed by atoms with E-state index in [9.17, 15) is 4.79 Å². The van der Waals surface area contributed by atoms with Crippen LogP contribution in [0, 0.1) is 0 Å². The molecule has 0 amide bonds. The largest absolute Gasteiger partial charge is 0.465 e. The lowest BCUT2D eigenvalue weighted by molar-refractivity contribution is -0.153. The smallest absolute Gasteiger partial charge is 0.326 e. The minimum absolute atomic E-state index is 0.0682. The van der Waals surface area contributed by atoms with E-state index in [0.717, 1.165) is 25.3 Å². The molecular weight excluding hydrogens is 228 g/mol. The Hall–Kier alpha value is -0.610. The van der Waals surface area contributed by atoms with E-state index in [1.165, 1.54) is 19.3 Å². The van der Waals surface area contributed by atoms with E-state index in [-0.39, 0.29) is 5.97 Å². The van der Waals surface area contributed by atoms with Crippen LogP contribution in [-0.4, -0.2) is 49.2 Å². The summed E-state index contributed by atoms with van der Waals surface area (Å²) in [6.45, 7) is 2.34. The summed E-state index contributed by atoms with van der Waals surface area (Å²) in [7, 11) is 4.09. The second kappa shape index (κ2) is 5.57. The summed E-state index contributed by atoms with van der Waals surface area (Å²) >= 11 is 0. The van der Waals surface area contributed by atoms with Crippen LogP contribution in [0.5, 0.6) is 0 Å². The number of nitrogens with zero attached hydrogens (tertiary/aromatic N) is 1. The van der Waals surface area contributed by atoms with E-state index in [0.29, 0.717) is 12.6 Å². The third-order valence-electron chi connectivity index (χ3n) is 4.57. The molecule has 104 valence electrons. The molecule has 0 aliphatic heterocycles.